The van der Waals surface area contributed by atoms with Crippen LogP contribution in [0.25, 0.3) is 0 Å². The van der Waals surface area contributed by atoms with Crippen LogP contribution in [0.4, 0.5) is 5.69 Å². The molecule has 0 radical (unpaired) electrons. The molecule has 0 aliphatic carbocycles. The van der Waals surface area contributed by atoms with E-state index < -0.39 is 11.6 Å². The van der Waals surface area contributed by atoms with E-state index in [0.717, 1.165) is 16.7 Å². The first-order valence-electron chi connectivity index (χ1n) is 14.0. The zero-order chi connectivity index (χ0) is 28.2. The highest BCUT2D eigenvalue weighted by molar-refractivity contribution is 6.11. The Morgan fingerprint density at radius 2 is 1.73 bits per heavy atom. The van der Waals surface area contributed by atoms with Crippen LogP contribution in [-0.4, -0.2) is 79.3 Å². The van der Waals surface area contributed by atoms with Crippen LogP contribution in [0.15, 0.2) is 83.9 Å². The van der Waals surface area contributed by atoms with E-state index in [4.69, 9.17) is 24.3 Å². The number of nitrogens with zero attached hydrogens (tertiary/aromatic N) is 3. The fourth-order valence-corrected chi connectivity index (χ4v) is 5.65. The van der Waals surface area contributed by atoms with E-state index in [-0.39, 0.29) is 25.0 Å². The minimum atomic E-state index is -1.29. The third kappa shape index (κ3) is 5.30. The highest BCUT2D eigenvalue weighted by atomic mass is 16.5. The second kappa shape index (κ2) is 11.7. The standard InChI is InChI=1S/C32H33N3O6/c36-17-6-18-40-25-13-11-24(12-14-25)30-33-32(21-23-7-2-1-3-8-23)29(41-30)26-9-4-5-10-27(26)35(31(32)38)22-28(37)34-15-19-39-20-16-34/h1-5,7-14,29,36H,6,15-22H2/t29-,32-/m1/s1. The number of benzene rings is 3. The van der Waals surface area contributed by atoms with Crippen molar-refractivity contribution in [2.45, 2.75) is 24.5 Å². The highest BCUT2D eigenvalue weighted by Crippen LogP contribution is 2.50. The molecule has 3 aliphatic heterocycles. The summed E-state index contributed by atoms with van der Waals surface area (Å²) in [6, 6.07) is 24.8. The van der Waals surface area contributed by atoms with Crippen molar-refractivity contribution in [3.63, 3.8) is 0 Å². The van der Waals surface area contributed by atoms with E-state index in [1.165, 1.54) is 0 Å². The zero-order valence-electron chi connectivity index (χ0n) is 22.8. The zero-order valence-corrected chi connectivity index (χ0v) is 22.8. The van der Waals surface area contributed by atoms with Gasteiger partial charge in [0.1, 0.15) is 12.3 Å². The van der Waals surface area contributed by atoms with Crippen LogP contribution >= 0.6 is 0 Å². The molecule has 3 aromatic carbocycles. The molecule has 0 spiro atoms. The Kier molecular flexibility index (Phi) is 7.71. The lowest BCUT2D eigenvalue weighted by Gasteiger charge is -2.42. The van der Waals surface area contributed by atoms with Gasteiger partial charge in [0.25, 0.3) is 5.91 Å². The molecule has 0 bridgehead atoms. The van der Waals surface area contributed by atoms with Gasteiger partial charge in [-0.3, -0.25) is 9.59 Å². The van der Waals surface area contributed by atoms with Gasteiger partial charge in [-0.15, -0.1) is 0 Å². The molecule has 0 unspecified atom stereocenters. The average Bonchev–Trinajstić information content (AvgIpc) is 3.41. The number of hydrogen-bond donors (Lipinski definition) is 1. The predicted octanol–water partition coefficient (Wildman–Crippen LogP) is 3.15. The number of aliphatic hydroxyl groups is 1. The molecular weight excluding hydrogens is 522 g/mol. The van der Waals surface area contributed by atoms with E-state index >= 15 is 0 Å². The van der Waals surface area contributed by atoms with Crippen molar-refractivity contribution >= 4 is 23.4 Å². The quantitative estimate of drug-likeness (QED) is 0.407. The molecule has 41 heavy (non-hydrogen) atoms. The monoisotopic (exact) mass is 555 g/mol. The molecule has 1 fully saturated rings. The predicted molar refractivity (Wildman–Crippen MR) is 153 cm³/mol. The molecule has 1 saturated heterocycles. The number of hydrogen-bond acceptors (Lipinski definition) is 7. The molecule has 6 rings (SSSR count). The Morgan fingerprint density at radius 1 is 1.00 bits per heavy atom. The second-order valence-corrected chi connectivity index (χ2v) is 10.4. The molecule has 1 N–H and O–H groups in total. The lowest BCUT2D eigenvalue weighted by Crippen LogP contribution is -2.58. The Morgan fingerprint density at radius 3 is 2.49 bits per heavy atom. The van der Waals surface area contributed by atoms with Crippen LogP contribution in [0.2, 0.25) is 0 Å². The van der Waals surface area contributed by atoms with E-state index in [0.29, 0.717) is 63.1 Å². The van der Waals surface area contributed by atoms with Gasteiger partial charge in [-0.05, 0) is 35.9 Å². The molecule has 3 aliphatic rings. The Balaban J connectivity index is 1.38. The summed E-state index contributed by atoms with van der Waals surface area (Å²) in [5.74, 6) is 0.666. The van der Waals surface area contributed by atoms with Crippen LogP contribution < -0.4 is 9.64 Å². The minimum Gasteiger partial charge on any atom is -0.494 e. The maximum absolute atomic E-state index is 14.6. The van der Waals surface area contributed by atoms with Crippen LogP contribution in [0.3, 0.4) is 0 Å². The third-order valence-electron chi connectivity index (χ3n) is 7.74. The van der Waals surface area contributed by atoms with Crippen LogP contribution in [-0.2, 0) is 25.5 Å². The van der Waals surface area contributed by atoms with Gasteiger partial charge < -0.3 is 29.1 Å². The lowest BCUT2D eigenvalue weighted by molar-refractivity contribution is -0.136. The second-order valence-electron chi connectivity index (χ2n) is 10.4. The van der Waals surface area contributed by atoms with E-state index in [1.54, 1.807) is 9.80 Å². The molecule has 3 heterocycles. The molecule has 9 nitrogen and oxygen atoms in total. The highest BCUT2D eigenvalue weighted by Gasteiger charge is 2.59. The van der Waals surface area contributed by atoms with Crippen LogP contribution in [0.5, 0.6) is 5.75 Å². The number of carbonyl (C=O) groups is 2. The van der Waals surface area contributed by atoms with Gasteiger partial charge in [0.2, 0.25) is 11.8 Å². The Hall–Kier alpha value is -4.21. The van der Waals surface area contributed by atoms with E-state index in [1.807, 2.05) is 78.9 Å². The largest absolute Gasteiger partial charge is 0.494 e. The molecule has 2 atom stereocenters. The normalized spacial score (nSPS) is 21.5. The summed E-state index contributed by atoms with van der Waals surface area (Å²) in [5, 5.41) is 9.02. The number of anilines is 1. The van der Waals surface area contributed by atoms with Crippen molar-refractivity contribution in [1.29, 1.82) is 0 Å². The first kappa shape index (κ1) is 27.0. The number of carbonyl (C=O) groups excluding carboxylic acids is 2. The van der Waals surface area contributed by atoms with Crippen molar-refractivity contribution in [2.75, 3.05) is 51.0 Å². The van der Waals surface area contributed by atoms with Gasteiger partial charge in [-0.1, -0.05) is 48.5 Å². The number of rotatable bonds is 9. The van der Waals surface area contributed by atoms with Crippen LogP contribution in [0.1, 0.15) is 29.2 Å². The van der Waals surface area contributed by atoms with Gasteiger partial charge >= 0.3 is 0 Å². The van der Waals surface area contributed by atoms with E-state index in [9.17, 15) is 9.59 Å². The summed E-state index contributed by atoms with van der Waals surface area (Å²) < 4.78 is 17.6. The number of para-hydroxylation sites is 1. The molecule has 0 aromatic heterocycles. The van der Waals surface area contributed by atoms with Gasteiger partial charge in [0.15, 0.2) is 11.6 Å². The average molecular weight is 556 g/mol. The maximum atomic E-state index is 14.6. The first-order valence-corrected chi connectivity index (χ1v) is 14.0. The number of amides is 2. The summed E-state index contributed by atoms with van der Waals surface area (Å²) in [6.45, 7) is 2.39. The number of aliphatic hydroxyl groups excluding tert-OH is 1. The van der Waals surface area contributed by atoms with Gasteiger partial charge in [0.05, 0.1) is 25.5 Å². The lowest BCUT2D eigenvalue weighted by atomic mass is 9.78. The van der Waals surface area contributed by atoms with Crippen LogP contribution in [0, 0.1) is 0 Å². The van der Waals surface area contributed by atoms with Crippen molar-refractivity contribution < 1.29 is 28.9 Å². The van der Waals surface area contributed by atoms with Gasteiger partial charge in [-0.2, -0.15) is 0 Å². The maximum Gasteiger partial charge on any atom is 0.260 e. The summed E-state index contributed by atoms with van der Waals surface area (Å²) in [6.07, 6.45) is 0.212. The fourth-order valence-electron chi connectivity index (χ4n) is 5.65. The molecule has 9 heteroatoms. The number of fused-ring (bicyclic) bond motifs is 3. The minimum absolute atomic E-state index is 0.0676. The van der Waals surface area contributed by atoms with Crippen molar-refractivity contribution in [3.8, 4) is 5.75 Å². The van der Waals surface area contributed by atoms with Crippen molar-refractivity contribution in [1.82, 2.24) is 4.90 Å². The summed E-state index contributed by atoms with van der Waals surface area (Å²) >= 11 is 0. The molecule has 2 amide bonds. The Bertz CT molecular complexity index is 1420. The van der Waals surface area contributed by atoms with Gasteiger partial charge in [0, 0.05) is 43.7 Å². The van der Waals surface area contributed by atoms with Crippen molar-refractivity contribution in [2.24, 2.45) is 4.99 Å². The number of morpholine rings is 1. The smallest absolute Gasteiger partial charge is 0.260 e. The topological polar surface area (TPSA) is 101 Å². The summed E-state index contributed by atoms with van der Waals surface area (Å²) in [7, 11) is 0. The number of aliphatic imine (C=N–C) groups is 1. The SMILES string of the molecule is O=C(CN1C(=O)[C@]2(Cc3ccccc3)N=C(c3ccc(OCCCO)cc3)O[C@@H]2c2ccccc21)N1CCOCC1. The molecule has 3 aromatic rings. The summed E-state index contributed by atoms with van der Waals surface area (Å²) in [5.41, 5.74) is 1.87. The fraction of sp³-hybridized carbons (Fsp3) is 0.344. The molecule has 212 valence electrons. The van der Waals surface area contributed by atoms with Crippen molar-refractivity contribution in [3.05, 3.63) is 95.6 Å². The third-order valence-corrected chi connectivity index (χ3v) is 7.74. The summed E-state index contributed by atoms with van der Waals surface area (Å²) in [4.78, 5) is 36.3. The molecule has 0 saturated carbocycles. The number of ether oxygens (including phenoxy) is 3. The molecular formula is C32H33N3O6. The first-order chi connectivity index (χ1) is 20.1. The van der Waals surface area contributed by atoms with E-state index in [2.05, 4.69) is 0 Å². The van der Waals surface area contributed by atoms with Gasteiger partial charge in [-0.25, -0.2) is 4.99 Å². The Labute approximate surface area is 239 Å².